The van der Waals surface area contributed by atoms with E-state index in [9.17, 15) is 32.3 Å². The molecule has 0 bridgehead atoms. The van der Waals surface area contributed by atoms with Crippen LogP contribution < -0.4 is 0 Å². The van der Waals surface area contributed by atoms with Gasteiger partial charge in [-0.2, -0.15) is 13.2 Å². The SMILES string of the molecule is CCOC(=O)C(CCC(=O)CC)(CCC(=O)CC)C(=O)C(F)(F)F. The van der Waals surface area contributed by atoms with Crippen molar-refractivity contribution in [2.24, 2.45) is 5.41 Å². The van der Waals surface area contributed by atoms with Crippen LogP contribution in [0.2, 0.25) is 0 Å². The number of alkyl halides is 3. The number of ether oxygens (including phenoxy) is 1. The van der Waals surface area contributed by atoms with E-state index < -0.39 is 36.2 Å². The maximum absolute atomic E-state index is 13.0. The highest BCUT2D eigenvalue weighted by Gasteiger charge is 2.57. The summed E-state index contributed by atoms with van der Waals surface area (Å²) in [5, 5.41) is 0. The van der Waals surface area contributed by atoms with Crippen molar-refractivity contribution >= 4 is 23.3 Å². The fourth-order valence-electron chi connectivity index (χ4n) is 2.25. The molecule has 0 N–H and O–H groups in total. The minimum Gasteiger partial charge on any atom is -0.465 e. The number of rotatable bonds is 11. The number of hydrogen-bond donors (Lipinski definition) is 0. The molecule has 5 nitrogen and oxygen atoms in total. The molecule has 0 aliphatic heterocycles. The van der Waals surface area contributed by atoms with Crippen LogP contribution in [0, 0.1) is 5.41 Å². The predicted molar refractivity (Wildman–Crippen MR) is 79.2 cm³/mol. The fraction of sp³-hybridized carbons (Fsp3) is 0.750. The molecule has 0 radical (unpaired) electrons. The zero-order chi connectivity index (χ0) is 19.0. The molecule has 0 aliphatic rings. The molecule has 24 heavy (non-hydrogen) atoms. The number of hydrogen-bond acceptors (Lipinski definition) is 5. The summed E-state index contributed by atoms with van der Waals surface area (Å²) in [5.74, 6) is -4.35. The second-order valence-corrected chi connectivity index (χ2v) is 5.41. The van der Waals surface area contributed by atoms with E-state index in [0.29, 0.717) is 0 Å². The van der Waals surface area contributed by atoms with E-state index in [1.807, 2.05) is 0 Å². The van der Waals surface area contributed by atoms with Crippen molar-refractivity contribution in [3.63, 3.8) is 0 Å². The van der Waals surface area contributed by atoms with Gasteiger partial charge in [0.25, 0.3) is 5.78 Å². The van der Waals surface area contributed by atoms with Crippen molar-refractivity contribution in [3.05, 3.63) is 0 Å². The third-order valence-corrected chi connectivity index (χ3v) is 3.81. The Morgan fingerprint density at radius 3 is 1.54 bits per heavy atom. The van der Waals surface area contributed by atoms with Crippen molar-refractivity contribution in [2.75, 3.05) is 6.61 Å². The zero-order valence-electron chi connectivity index (χ0n) is 14.1. The molecule has 0 heterocycles. The maximum Gasteiger partial charge on any atom is 0.451 e. The first-order chi connectivity index (χ1) is 11.0. The number of carbonyl (C=O) groups is 4. The van der Waals surface area contributed by atoms with Gasteiger partial charge in [-0.25, -0.2) is 0 Å². The second kappa shape index (κ2) is 9.54. The van der Waals surface area contributed by atoms with Crippen molar-refractivity contribution in [2.45, 2.75) is 65.5 Å². The molecule has 0 aromatic heterocycles. The van der Waals surface area contributed by atoms with Crippen LogP contribution in [0.25, 0.3) is 0 Å². The summed E-state index contributed by atoms with van der Waals surface area (Å²) >= 11 is 0. The molecule has 0 aliphatic carbocycles. The van der Waals surface area contributed by atoms with Crippen LogP contribution in [-0.4, -0.2) is 36.1 Å². The highest BCUT2D eigenvalue weighted by atomic mass is 19.4. The lowest BCUT2D eigenvalue weighted by Crippen LogP contribution is -2.48. The largest absolute Gasteiger partial charge is 0.465 e. The summed E-state index contributed by atoms with van der Waals surface area (Å²) in [6, 6.07) is 0. The Kier molecular flexibility index (Phi) is 8.85. The van der Waals surface area contributed by atoms with Gasteiger partial charge in [0.05, 0.1) is 6.61 Å². The van der Waals surface area contributed by atoms with Crippen LogP contribution in [0.15, 0.2) is 0 Å². The van der Waals surface area contributed by atoms with Crippen LogP contribution in [0.4, 0.5) is 13.2 Å². The summed E-state index contributed by atoms with van der Waals surface area (Å²) in [4.78, 5) is 47.1. The quantitative estimate of drug-likeness (QED) is 0.422. The van der Waals surface area contributed by atoms with Crippen LogP contribution >= 0.6 is 0 Å². The van der Waals surface area contributed by atoms with E-state index in [0.717, 1.165) is 0 Å². The number of carbonyl (C=O) groups excluding carboxylic acids is 4. The van der Waals surface area contributed by atoms with Crippen LogP contribution in [-0.2, 0) is 23.9 Å². The molecule has 0 spiro atoms. The summed E-state index contributed by atoms with van der Waals surface area (Å²) in [5.41, 5.74) is -2.55. The molecule has 0 rings (SSSR count). The van der Waals surface area contributed by atoms with E-state index in [-0.39, 0.29) is 43.9 Å². The lowest BCUT2D eigenvalue weighted by Gasteiger charge is -2.30. The van der Waals surface area contributed by atoms with Crippen molar-refractivity contribution in [1.29, 1.82) is 0 Å². The molecule has 0 aromatic carbocycles. The third-order valence-electron chi connectivity index (χ3n) is 3.81. The molecule has 0 amide bonds. The van der Waals surface area contributed by atoms with Gasteiger partial charge in [-0.3, -0.25) is 19.2 Å². The maximum atomic E-state index is 13.0. The van der Waals surface area contributed by atoms with Gasteiger partial charge < -0.3 is 4.74 Å². The van der Waals surface area contributed by atoms with E-state index in [1.54, 1.807) is 0 Å². The number of ketones is 3. The van der Waals surface area contributed by atoms with Crippen molar-refractivity contribution < 1.29 is 37.1 Å². The molecule has 8 heteroatoms. The summed E-state index contributed by atoms with van der Waals surface area (Å²) in [6.45, 7) is 4.24. The first-order valence-corrected chi connectivity index (χ1v) is 7.87. The molecule has 0 saturated carbocycles. The Morgan fingerprint density at radius 1 is 0.833 bits per heavy atom. The lowest BCUT2D eigenvalue weighted by atomic mass is 9.73. The Bertz CT molecular complexity index is 463. The van der Waals surface area contributed by atoms with E-state index >= 15 is 0 Å². The topological polar surface area (TPSA) is 77.5 Å². The van der Waals surface area contributed by atoms with Crippen LogP contribution in [0.1, 0.15) is 59.3 Å². The summed E-state index contributed by atoms with van der Waals surface area (Å²) in [7, 11) is 0. The monoisotopic (exact) mass is 352 g/mol. The van der Waals surface area contributed by atoms with Crippen LogP contribution in [0.3, 0.4) is 0 Å². The standard InChI is InChI=1S/C16H23F3O5/c1-4-11(20)7-9-15(14(23)24-6-3,10-8-12(21)5-2)13(22)16(17,18)19/h4-10H2,1-3H3. The van der Waals surface area contributed by atoms with Gasteiger partial charge in [-0.05, 0) is 19.8 Å². The molecule has 0 aromatic rings. The molecule has 0 saturated heterocycles. The molecule has 0 atom stereocenters. The van der Waals surface area contributed by atoms with Gasteiger partial charge in [0, 0.05) is 25.7 Å². The normalized spacial score (nSPS) is 11.9. The van der Waals surface area contributed by atoms with Gasteiger partial charge in [0.2, 0.25) is 0 Å². The Morgan fingerprint density at radius 2 is 1.25 bits per heavy atom. The summed E-state index contributed by atoms with van der Waals surface area (Å²) in [6.07, 6.45) is -7.08. The number of Topliss-reactive ketones (excluding diaryl/α,β-unsaturated/α-hetero) is 3. The van der Waals surface area contributed by atoms with Crippen molar-refractivity contribution in [1.82, 2.24) is 0 Å². The van der Waals surface area contributed by atoms with Crippen molar-refractivity contribution in [3.8, 4) is 0 Å². The van der Waals surface area contributed by atoms with E-state index in [1.165, 1.54) is 20.8 Å². The highest BCUT2D eigenvalue weighted by Crippen LogP contribution is 2.39. The average Bonchev–Trinajstić information content (AvgIpc) is 2.53. The van der Waals surface area contributed by atoms with Gasteiger partial charge >= 0.3 is 12.1 Å². The molecule has 0 fully saturated rings. The third kappa shape index (κ3) is 6.05. The smallest absolute Gasteiger partial charge is 0.451 e. The molecule has 0 unspecified atom stereocenters. The molecule has 138 valence electrons. The Labute approximate surface area is 138 Å². The lowest BCUT2D eigenvalue weighted by molar-refractivity contribution is -0.191. The van der Waals surface area contributed by atoms with Crippen LogP contribution in [0.5, 0.6) is 0 Å². The fourth-order valence-corrected chi connectivity index (χ4v) is 2.25. The van der Waals surface area contributed by atoms with Gasteiger partial charge in [-0.15, -0.1) is 0 Å². The Hall–Kier alpha value is -1.73. The molecular formula is C16H23F3O5. The minimum absolute atomic E-state index is 0.0764. The number of halogens is 3. The first-order valence-electron chi connectivity index (χ1n) is 7.87. The zero-order valence-corrected chi connectivity index (χ0v) is 14.1. The predicted octanol–water partition coefficient (Wildman–Crippen LogP) is 3.19. The minimum atomic E-state index is -5.27. The van der Waals surface area contributed by atoms with E-state index in [4.69, 9.17) is 0 Å². The van der Waals surface area contributed by atoms with Gasteiger partial charge in [0.1, 0.15) is 17.0 Å². The highest BCUT2D eigenvalue weighted by molar-refractivity contribution is 6.07. The number of esters is 1. The van der Waals surface area contributed by atoms with Gasteiger partial charge in [-0.1, -0.05) is 13.8 Å². The second-order valence-electron chi connectivity index (χ2n) is 5.41. The van der Waals surface area contributed by atoms with Gasteiger partial charge in [0.15, 0.2) is 0 Å². The average molecular weight is 352 g/mol. The van der Waals surface area contributed by atoms with E-state index in [2.05, 4.69) is 4.74 Å². The molecular weight excluding hydrogens is 329 g/mol. The summed E-state index contributed by atoms with van der Waals surface area (Å²) < 4.78 is 43.8. The Balaban J connectivity index is 5.79. The first kappa shape index (κ1) is 22.3.